The first-order valence-corrected chi connectivity index (χ1v) is 7.42. The molecule has 1 fully saturated rings. The lowest BCUT2D eigenvalue weighted by Crippen LogP contribution is -2.45. The minimum atomic E-state index is -0.646. The van der Waals surface area contributed by atoms with Gasteiger partial charge in [0.15, 0.2) is 0 Å². The number of hydrogen-bond donors (Lipinski definition) is 1. The van der Waals surface area contributed by atoms with Crippen LogP contribution in [-0.2, 0) is 0 Å². The molecule has 3 atom stereocenters. The Morgan fingerprint density at radius 1 is 1.44 bits per heavy atom. The third-order valence-electron chi connectivity index (χ3n) is 3.64. The molecule has 1 aromatic carbocycles. The fourth-order valence-corrected chi connectivity index (χ4v) is 3.52. The highest BCUT2D eigenvalue weighted by Crippen LogP contribution is 2.35. The Kier molecular flexibility index (Phi) is 4.17. The van der Waals surface area contributed by atoms with Gasteiger partial charge >= 0.3 is 0 Å². The second-order valence-electron chi connectivity index (χ2n) is 4.86. The minimum Gasteiger partial charge on any atom is -0.389 e. The van der Waals surface area contributed by atoms with Crippen molar-refractivity contribution in [2.75, 3.05) is 17.2 Å². The highest BCUT2D eigenvalue weighted by atomic mass is 32.2. The molecule has 0 amide bonds. The molecule has 0 aromatic heterocycles. The van der Waals surface area contributed by atoms with Gasteiger partial charge in [0.2, 0.25) is 0 Å². The van der Waals surface area contributed by atoms with Crippen molar-refractivity contribution in [1.29, 1.82) is 0 Å². The lowest BCUT2D eigenvalue weighted by molar-refractivity contribution is 0.199. The zero-order chi connectivity index (χ0) is 13.3. The van der Waals surface area contributed by atoms with Crippen molar-refractivity contribution in [3.8, 4) is 0 Å². The van der Waals surface area contributed by atoms with Gasteiger partial charge in [0, 0.05) is 29.2 Å². The van der Waals surface area contributed by atoms with Crippen LogP contribution >= 0.6 is 11.8 Å². The molecule has 1 aromatic rings. The predicted octanol–water partition coefficient (Wildman–Crippen LogP) is 3.21. The fourth-order valence-electron chi connectivity index (χ4n) is 2.42. The van der Waals surface area contributed by atoms with Gasteiger partial charge < -0.3 is 10.0 Å². The van der Waals surface area contributed by atoms with Crippen LogP contribution in [0.5, 0.6) is 0 Å². The Bertz CT molecular complexity index is 424. The summed E-state index contributed by atoms with van der Waals surface area (Å²) in [6.07, 6.45) is -0.646. The maximum atomic E-state index is 14.1. The summed E-state index contributed by atoms with van der Waals surface area (Å²) in [5.74, 6) is 0.762. The second kappa shape index (κ2) is 5.49. The Labute approximate surface area is 112 Å². The number of halogens is 1. The lowest BCUT2D eigenvalue weighted by atomic mass is 10.0. The Morgan fingerprint density at radius 2 is 2.17 bits per heavy atom. The minimum absolute atomic E-state index is 0.237. The number of rotatable bonds is 2. The van der Waals surface area contributed by atoms with Crippen LogP contribution < -0.4 is 4.90 Å². The first-order chi connectivity index (χ1) is 8.52. The molecular formula is C14H20FNOS. The van der Waals surface area contributed by atoms with Crippen LogP contribution in [0.15, 0.2) is 18.2 Å². The number of benzene rings is 1. The molecule has 18 heavy (non-hydrogen) atoms. The molecule has 0 bridgehead atoms. The first-order valence-electron chi connectivity index (χ1n) is 6.37. The third-order valence-corrected chi connectivity index (χ3v) is 4.98. The van der Waals surface area contributed by atoms with Crippen LogP contribution in [0.4, 0.5) is 10.1 Å². The van der Waals surface area contributed by atoms with Crippen molar-refractivity contribution >= 4 is 17.4 Å². The van der Waals surface area contributed by atoms with E-state index >= 15 is 0 Å². The van der Waals surface area contributed by atoms with E-state index in [2.05, 4.69) is 18.7 Å². The quantitative estimate of drug-likeness (QED) is 0.892. The summed E-state index contributed by atoms with van der Waals surface area (Å²) in [5.41, 5.74) is 1.26. The summed E-state index contributed by atoms with van der Waals surface area (Å²) in [6.45, 7) is 6.81. The van der Waals surface area contributed by atoms with E-state index in [0.717, 1.165) is 12.3 Å². The molecule has 4 heteroatoms. The largest absolute Gasteiger partial charge is 0.389 e. The molecule has 2 rings (SSSR count). The third kappa shape index (κ3) is 2.50. The van der Waals surface area contributed by atoms with Crippen LogP contribution in [0.1, 0.15) is 32.4 Å². The Balaban J connectivity index is 2.43. The number of para-hydroxylation sites is 1. The van der Waals surface area contributed by atoms with E-state index in [1.165, 1.54) is 6.07 Å². The summed E-state index contributed by atoms with van der Waals surface area (Å²) in [6, 6.07) is 5.22. The molecule has 1 N–H and O–H groups in total. The van der Waals surface area contributed by atoms with Gasteiger partial charge in [0.25, 0.3) is 0 Å². The highest BCUT2D eigenvalue weighted by Gasteiger charge is 2.29. The molecule has 3 unspecified atom stereocenters. The molecule has 2 nitrogen and oxygen atoms in total. The molecule has 1 saturated heterocycles. The summed E-state index contributed by atoms with van der Waals surface area (Å²) in [4.78, 5) is 2.10. The highest BCUT2D eigenvalue weighted by molar-refractivity contribution is 8.00. The smallest absolute Gasteiger partial charge is 0.146 e. The number of hydrogen-bond acceptors (Lipinski definition) is 3. The molecule has 1 aliphatic rings. The van der Waals surface area contributed by atoms with Gasteiger partial charge in [-0.3, -0.25) is 0 Å². The lowest BCUT2D eigenvalue weighted by Gasteiger charge is -2.40. The van der Waals surface area contributed by atoms with Gasteiger partial charge in [-0.15, -0.1) is 0 Å². The van der Waals surface area contributed by atoms with Crippen LogP contribution in [0.2, 0.25) is 0 Å². The average molecular weight is 269 g/mol. The summed E-state index contributed by atoms with van der Waals surface area (Å²) >= 11 is 1.92. The van der Waals surface area contributed by atoms with Gasteiger partial charge in [0.1, 0.15) is 5.82 Å². The van der Waals surface area contributed by atoms with Crippen molar-refractivity contribution < 1.29 is 9.50 Å². The van der Waals surface area contributed by atoms with Crippen molar-refractivity contribution in [2.45, 2.75) is 38.2 Å². The number of thioether (sulfide) groups is 1. The van der Waals surface area contributed by atoms with Crippen LogP contribution in [0.25, 0.3) is 0 Å². The number of anilines is 1. The maximum absolute atomic E-state index is 14.1. The van der Waals surface area contributed by atoms with E-state index in [1.807, 2.05) is 17.8 Å². The molecule has 0 spiro atoms. The van der Waals surface area contributed by atoms with Crippen molar-refractivity contribution in [2.24, 2.45) is 0 Å². The molecule has 100 valence electrons. The maximum Gasteiger partial charge on any atom is 0.146 e. The topological polar surface area (TPSA) is 23.5 Å². The predicted molar refractivity (Wildman–Crippen MR) is 75.8 cm³/mol. The van der Waals surface area contributed by atoms with Gasteiger partial charge in [-0.05, 0) is 19.9 Å². The summed E-state index contributed by atoms with van der Waals surface area (Å²) in [5, 5.41) is 10.3. The van der Waals surface area contributed by atoms with Crippen molar-refractivity contribution in [1.82, 2.24) is 0 Å². The molecular weight excluding hydrogens is 249 g/mol. The van der Waals surface area contributed by atoms with E-state index in [0.29, 0.717) is 16.5 Å². The zero-order valence-corrected chi connectivity index (χ0v) is 11.9. The van der Waals surface area contributed by atoms with Crippen molar-refractivity contribution in [3.63, 3.8) is 0 Å². The van der Waals surface area contributed by atoms with Crippen molar-refractivity contribution in [3.05, 3.63) is 29.6 Å². The average Bonchev–Trinajstić information content (AvgIpc) is 2.33. The normalized spacial score (nSPS) is 26.2. The molecule has 0 saturated carbocycles. The van der Waals surface area contributed by atoms with E-state index < -0.39 is 6.10 Å². The molecule has 1 aliphatic heterocycles. The fraction of sp³-hybridized carbons (Fsp3) is 0.571. The Hall–Kier alpha value is -0.740. The van der Waals surface area contributed by atoms with E-state index in [-0.39, 0.29) is 11.9 Å². The number of aliphatic hydroxyl groups excluding tert-OH is 1. The van der Waals surface area contributed by atoms with Gasteiger partial charge in [-0.2, -0.15) is 11.8 Å². The standard InChI is InChI=1S/C14H20FNOS/c1-9-11(3)18-8-7-16(9)14-12(10(2)17)5-4-6-13(14)15/h4-6,9-11,17H,7-8H2,1-3H3. The monoisotopic (exact) mass is 269 g/mol. The number of nitrogens with zero attached hydrogens (tertiary/aromatic N) is 1. The summed E-state index contributed by atoms with van der Waals surface area (Å²) < 4.78 is 14.1. The zero-order valence-electron chi connectivity index (χ0n) is 11.1. The summed E-state index contributed by atoms with van der Waals surface area (Å²) in [7, 11) is 0. The Morgan fingerprint density at radius 3 is 2.83 bits per heavy atom. The first kappa shape index (κ1) is 13.7. The van der Waals surface area contributed by atoms with Gasteiger partial charge in [0.05, 0.1) is 11.8 Å². The van der Waals surface area contributed by atoms with Gasteiger partial charge in [-0.1, -0.05) is 19.1 Å². The van der Waals surface area contributed by atoms with E-state index in [9.17, 15) is 9.50 Å². The SMILES string of the molecule is CC(O)c1cccc(F)c1N1CCSC(C)C1C. The van der Waals surface area contributed by atoms with E-state index in [4.69, 9.17) is 0 Å². The number of aliphatic hydroxyl groups is 1. The van der Waals surface area contributed by atoms with Crippen LogP contribution in [0.3, 0.4) is 0 Å². The molecule has 1 heterocycles. The van der Waals surface area contributed by atoms with Crippen LogP contribution in [-0.4, -0.2) is 28.7 Å². The van der Waals surface area contributed by atoms with Crippen LogP contribution in [0, 0.1) is 5.82 Å². The van der Waals surface area contributed by atoms with Gasteiger partial charge in [-0.25, -0.2) is 4.39 Å². The molecule has 0 radical (unpaired) electrons. The molecule has 0 aliphatic carbocycles. The van der Waals surface area contributed by atoms with E-state index in [1.54, 1.807) is 13.0 Å². The second-order valence-corrected chi connectivity index (χ2v) is 6.35.